The number of ether oxygens (including phenoxy) is 1. The molecule has 0 spiro atoms. The Morgan fingerprint density at radius 3 is 2.67 bits per heavy atom. The third kappa shape index (κ3) is 3.16. The lowest BCUT2D eigenvalue weighted by molar-refractivity contribution is 0.292. The first-order chi connectivity index (χ1) is 7.34. The van der Waals surface area contributed by atoms with E-state index in [1.807, 2.05) is 30.3 Å². The maximum absolute atomic E-state index is 5.52. The van der Waals surface area contributed by atoms with Gasteiger partial charge < -0.3 is 4.74 Å². The first-order valence-electron chi connectivity index (χ1n) is 4.50. The van der Waals surface area contributed by atoms with Gasteiger partial charge in [0, 0.05) is 34.9 Å². The zero-order valence-electron chi connectivity index (χ0n) is 7.93. The van der Waals surface area contributed by atoms with Gasteiger partial charge in [-0.15, -0.1) is 0 Å². The fraction of sp³-hybridized carbons (Fsp3) is 0.0909. The first kappa shape index (κ1) is 10.4. The van der Waals surface area contributed by atoms with Crippen molar-refractivity contribution in [2.75, 3.05) is 0 Å². The molecular formula is C11H9IN2O. The Hall–Kier alpha value is -1.17. The zero-order valence-corrected chi connectivity index (χ0v) is 10.1. The Labute approximate surface area is 102 Å². The van der Waals surface area contributed by atoms with E-state index in [0.29, 0.717) is 16.3 Å². The van der Waals surface area contributed by atoms with Crippen LogP contribution >= 0.6 is 22.6 Å². The van der Waals surface area contributed by atoms with Gasteiger partial charge in [0.05, 0.1) is 0 Å². The van der Waals surface area contributed by atoms with E-state index in [-0.39, 0.29) is 0 Å². The van der Waals surface area contributed by atoms with Gasteiger partial charge in [0.15, 0.2) is 3.83 Å². The van der Waals surface area contributed by atoms with Crippen LogP contribution in [-0.4, -0.2) is 9.97 Å². The maximum Gasteiger partial charge on any atom is 0.217 e. The largest absolute Gasteiger partial charge is 0.473 e. The van der Waals surface area contributed by atoms with E-state index in [0.717, 1.165) is 5.56 Å². The van der Waals surface area contributed by atoms with Gasteiger partial charge >= 0.3 is 0 Å². The van der Waals surface area contributed by atoms with Crippen LogP contribution in [0, 0.1) is 3.83 Å². The minimum atomic E-state index is 0.536. The molecule has 2 rings (SSSR count). The van der Waals surface area contributed by atoms with Gasteiger partial charge in [0.25, 0.3) is 0 Å². The van der Waals surface area contributed by atoms with Gasteiger partial charge in [-0.2, -0.15) is 4.98 Å². The van der Waals surface area contributed by atoms with E-state index in [4.69, 9.17) is 4.74 Å². The molecule has 0 aliphatic rings. The molecule has 15 heavy (non-hydrogen) atoms. The van der Waals surface area contributed by atoms with Crippen molar-refractivity contribution >= 4 is 22.6 Å². The quantitative estimate of drug-likeness (QED) is 0.645. The fourth-order valence-electron chi connectivity index (χ4n) is 1.13. The summed E-state index contributed by atoms with van der Waals surface area (Å²) in [6, 6.07) is 11.8. The van der Waals surface area contributed by atoms with Crippen molar-refractivity contribution in [2.24, 2.45) is 0 Å². The smallest absolute Gasteiger partial charge is 0.217 e. The summed E-state index contributed by atoms with van der Waals surface area (Å²) in [6.07, 6.45) is 1.69. The van der Waals surface area contributed by atoms with Crippen LogP contribution in [0.25, 0.3) is 0 Å². The van der Waals surface area contributed by atoms with Gasteiger partial charge in [0.2, 0.25) is 5.88 Å². The molecule has 0 radical (unpaired) electrons. The molecule has 4 heteroatoms. The van der Waals surface area contributed by atoms with E-state index in [2.05, 4.69) is 32.6 Å². The highest BCUT2D eigenvalue weighted by molar-refractivity contribution is 14.1. The lowest BCUT2D eigenvalue weighted by atomic mass is 10.2. The number of halogens is 1. The second kappa shape index (κ2) is 5.06. The molecule has 76 valence electrons. The number of nitrogens with zero attached hydrogens (tertiary/aromatic N) is 2. The highest BCUT2D eigenvalue weighted by Crippen LogP contribution is 2.09. The molecule has 0 aliphatic heterocycles. The minimum Gasteiger partial charge on any atom is -0.473 e. The molecule has 0 unspecified atom stereocenters. The van der Waals surface area contributed by atoms with Crippen molar-refractivity contribution in [3.63, 3.8) is 0 Å². The molecule has 0 saturated carbocycles. The lowest BCUT2D eigenvalue weighted by Crippen LogP contribution is -1.98. The van der Waals surface area contributed by atoms with E-state index in [1.54, 1.807) is 12.3 Å². The Bertz CT molecular complexity index is 434. The third-order valence-corrected chi connectivity index (χ3v) is 2.35. The third-order valence-electron chi connectivity index (χ3n) is 1.83. The van der Waals surface area contributed by atoms with Crippen LogP contribution in [0.4, 0.5) is 0 Å². The summed E-state index contributed by atoms with van der Waals surface area (Å²) < 4.78 is 6.21. The molecule has 2 aromatic rings. The highest BCUT2D eigenvalue weighted by atomic mass is 127. The van der Waals surface area contributed by atoms with Crippen molar-refractivity contribution in [3.05, 3.63) is 52.0 Å². The van der Waals surface area contributed by atoms with Gasteiger partial charge in [-0.3, -0.25) is 0 Å². The number of hydrogen-bond donors (Lipinski definition) is 0. The van der Waals surface area contributed by atoms with E-state index in [1.165, 1.54) is 0 Å². The summed E-state index contributed by atoms with van der Waals surface area (Å²) in [5.74, 6) is 0.609. The second-order valence-corrected chi connectivity index (χ2v) is 3.90. The molecule has 1 aromatic carbocycles. The molecule has 0 N–H and O–H groups in total. The van der Waals surface area contributed by atoms with Crippen molar-refractivity contribution < 1.29 is 4.74 Å². The average Bonchev–Trinajstić information content (AvgIpc) is 2.28. The number of benzene rings is 1. The summed E-state index contributed by atoms with van der Waals surface area (Å²) in [7, 11) is 0. The molecule has 0 atom stereocenters. The van der Waals surface area contributed by atoms with E-state index in [9.17, 15) is 0 Å². The fourth-order valence-corrected chi connectivity index (χ4v) is 1.53. The molecule has 0 aliphatic carbocycles. The van der Waals surface area contributed by atoms with Crippen molar-refractivity contribution in [3.8, 4) is 5.88 Å². The predicted octanol–water partition coefficient (Wildman–Crippen LogP) is 2.66. The summed E-state index contributed by atoms with van der Waals surface area (Å²) in [5, 5.41) is 0. The zero-order chi connectivity index (χ0) is 10.5. The molecule has 0 bridgehead atoms. The van der Waals surface area contributed by atoms with Crippen LogP contribution in [0.15, 0.2) is 42.6 Å². The van der Waals surface area contributed by atoms with E-state index < -0.39 is 0 Å². The summed E-state index contributed by atoms with van der Waals surface area (Å²) in [4.78, 5) is 8.13. The Kier molecular flexibility index (Phi) is 3.49. The van der Waals surface area contributed by atoms with Crippen LogP contribution in [0.2, 0.25) is 0 Å². The van der Waals surface area contributed by atoms with Crippen molar-refractivity contribution in [1.82, 2.24) is 9.97 Å². The van der Waals surface area contributed by atoms with Crippen molar-refractivity contribution in [1.29, 1.82) is 0 Å². The Balaban J connectivity index is 1.99. The maximum atomic E-state index is 5.52. The normalized spacial score (nSPS) is 9.93. The highest BCUT2D eigenvalue weighted by Gasteiger charge is 1.97. The molecular weight excluding hydrogens is 303 g/mol. The Morgan fingerprint density at radius 1 is 1.13 bits per heavy atom. The standard InChI is InChI=1S/C11H9IN2O/c12-11-13-7-6-10(14-11)15-8-9-4-2-1-3-5-9/h1-7H,8H2. The predicted molar refractivity (Wildman–Crippen MR) is 65.5 cm³/mol. The van der Waals surface area contributed by atoms with Gasteiger partial charge in [-0.05, 0) is 5.56 Å². The number of rotatable bonds is 3. The molecule has 3 nitrogen and oxygen atoms in total. The van der Waals surface area contributed by atoms with Gasteiger partial charge in [-0.1, -0.05) is 30.3 Å². The van der Waals surface area contributed by atoms with Crippen molar-refractivity contribution in [2.45, 2.75) is 6.61 Å². The second-order valence-electron chi connectivity index (χ2n) is 2.94. The Morgan fingerprint density at radius 2 is 1.93 bits per heavy atom. The molecule has 1 aromatic heterocycles. The lowest BCUT2D eigenvalue weighted by Gasteiger charge is -2.04. The molecule has 0 saturated heterocycles. The first-order valence-corrected chi connectivity index (χ1v) is 5.58. The number of hydrogen-bond acceptors (Lipinski definition) is 3. The average molecular weight is 312 g/mol. The topological polar surface area (TPSA) is 35.0 Å². The van der Waals surface area contributed by atoms with E-state index >= 15 is 0 Å². The van der Waals surface area contributed by atoms with Crippen LogP contribution in [0.3, 0.4) is 0 Å². The van der Waals surface area contributed by atoms with Gasteiger partial charge in [-0.25, -0.2) is 4.98 Å². The minimum absolute atomic E-state index is 0.536. The molecule has 1 heterocycles. The van der Waals surface area contributed by atoms with Crippen LogP contribution in [-0.2, 0) is 6.61 Å². The van der Waals surface area contributed by atoms with Crippen LogP contribution < -0.4 is 4.74 Å². The number of aromatic nitrogens is 2. The monoisotopic (exact) mass is 312 g/mol. The summed E-state index contributed by atoms with van der Waals surface area (Å²) in [5.41, 5.74) is 1.13. The summed E-state index contributed by atoms with van der Waals surface area (Å²) >= 11 is 2.06. The SMILES string of the molecule is Ic1nccc(OCc2ccccc2)n1. The summed E-state index contributed by atoms with van der Waals surface area (Å²) in [6.45, 7) is 0.536. The molecule has 0 fully saturated rings. The van der Waals surface area contributed by atoms with Crippen LogP contribution in [0.5, 0.6) is 5.88 Å². The van der Waals surface area contributed by atoms with Crippen LogP contribution in [0.1, 0.15) is 5.56 Å². The molecule has 0 amide bonds. The van der Waals surface area contributed by atoms with Gasteiger partial charge in [0.1, 0.15) is 6.61 Å².